The van der Waals surface area contributed by atoms with Gasteiger partial charge >= 0.3 is 6.09 Å². The molecule has 182 valence electrons. The number of pyridine rings is 1. The van der Waals surface area contributed by atoms with Gasteiger partial charge in [-0.05, 0) is 59.1 Å². The maximum absolute atomic E-state index is 13.5. The van der Waals surface area contributed by atoms with E-state index in [1.54, 1.807) is 44.4 Å². The number of aryl methyl sites for hydroxylation is 1. The summed E-state index contributed by atoms with van der Waals surface area (Å²) in [5.74, 6) is 0.174. The molecule has 2 aromatic heterocycles. The number of hydrogen-bond acceptors (Lipinski definition) is 6. The predicted octanol–water partition coefficient (Wildman–Crippen LogP) is 4.18. The van der Waals surface area contributed by atoms with Crippen LogP contribution in [0.15, 0.2) is 27.5 Å². The molecule has 0 bridgehead atoms. The van der Waals surface area contributed by atoms with E-state index in [1.807, 2.05) is 6.07 Å². The number of benzene rings is 1. The maximum atomic E-state index is 13.5. The Morgan fingerprint density at radius 1 is 1.29 bits per heavy atom. The van der Waals surface area contributed by atoms with Gasteiger partial charge in [0.05, 0.1) is 10.5 Å². The van der Waals surface area contributed by atoms with E-state index in [0.717, 1.165) is 0 Å². The van der Waals surface area contributed by atoms with E-state index in [1.165, 1.54) is 11.9 Å². The number of likely N-dealkylation sites (N-methyl/N-ethyl adjacent to an activating group) is 1. The first-order valence-electron chi connectivity index (χ1n) is 11.3. The summed E-state index contributed by atoms with van der Waals surface area (Å²) in [6.07, 6.45) is 1.45. The summed E-state index contributed by atoms with van der Waals surface area (Å²) in [5, 5.41) is 8.67. The van der Waals surface area contributed by atoms with Crippen molar-refractivity contribution in [2.24, 2.45) is 0 Å². The molecule has 1 saturated carbocycles. The smallest absolute Gasteiger partial charge is 0.410 e. The molecule has 2 atom stereocenters. The van der Waals surface area contributed by atoms with Crippen LogP contribution in [-0.4, -0.2) is 51.9 Å². The third-order valence-corrected chi connectivity index (χ3v) is 6.32. The number of nitrogens with zero attached hydrogens (tertiary/aromatic N) is 3. The highest BCUT2D eigenvalue weighted by Gasteiger charge is 2.31. The van der Waals surface area contributed by atoms with Crippen molar-refractivity contribution in [2.45, 2.75) is 64.6 Å². The van der Waals surface area contributed by atoms with Crippen molar-refractivity contribution in [2.75, 3.05) is 13.6 Å². The number of nitrogens with one attached hydrogen (secondary N) is 1. The van der Waals surface area contributed by atoms with Crippen LogP contribution in [0.2, 0.25) is 5.02 Å². The zero-order valence-electron chi connectivity index (χ0n) is 20.0. The molecule has 1 fully saturated rings. The zero-order chi connectivity index (χ0) is 24.8. The van der Waals surface area contributed by atoms with Gasteiger partial charge < -0.3 is 24.0 Å². The van der Waals surface area contributed by atoms with Gasteiger partial charge in [0.1, 0.15) is 28.8 Å². The second-order valence-electron chi connectivity index (χ2n) is 9.84. The van der Waals surface area contributed by atoms with E-state index in [9.17, 15) is 14.4 Å². The van der Waals surface area contributed by atoms with E-state index in [0.29, 0.717) is 51.9 Å². The van der Waals surface area contributed by atoms with E-state index in [4.69, 9.17) is 20.9 Å². The fraction of sp³-hybridized carbons (Fsp3) is 0.500. The number of halogens is 1. The summed E-state index contributed by atoms with van der Waals surface area (Å²) in [6.45, 7) is 6.92. The van der Waals surface area contributed by atoms with Crippen molar-refractivity contribution in [1.29, 1.82) is 0 Å². The summed E-state index contributed by atoms with van der Waals surface area (Å²) in [4.78, 5) is 39.4. The molecule has 0 radical (unpaired) electrons. The fourth-order valence-corrected chi connectivity index (χ4v) is 4.81. The minimum atomic E-state index is -0.636. The molecule has 0 spiro atoms. The molecular formula is C24H29ClN4O5. The number of fused-ring (bicyclic) bond motifs is 3. The van der Waals surface area contributed by atoms with E-state index in [-0.39, 0.29) is 30.1 Å². The summed E-state index contributed by atoms with van der Waals surface area (Å²) in [7, 11) is 1.52. The molecule has 2 heterocycles. The van der Waals surface area contributed by atoms with Crippen molar-refractivity contribution in [1.82, 2.24) is 19.9 Å². The molecule has 34 heavy (non-hydrogen) atoms. The molecule has 4 rings (SSSR count). The van der Waals surface area contributed by atoms with Crippen molar-refractivity contribution >= 4 is 45.4 Å². The minimum Gasteiger partial charge on any atom is -0.444 e. The highest BCUT2D eigenvalue weighted by atomic mass is 35.5. The molecule has 2 amide bonds. The molecule has 0 aliphatic heterocycles. The first-order chi connectivity index (χ1) is 16.0. The first kappa shape index (κ1) is 24.1. The van der Waals surface area contributed by atoms with Crippen LogP contribution in [-0.2, 0) is 9.53 Å². The summed E-state index contributed by atoms with van der Waals surface area (Å²) < 4.78 is 12.4. The average Bonchev–Trinajstić information content (AvgIpc) is 3.33. The lowest BCUT2D eigenvalue weighted by Crippen LogP contribution is -2.43. The van der Waals surface area contributed by atoms with Crippen LogP contribution in [0.4, 0.5) is 4.79 Å². The summed E-state index contributed by atoms with van der Waals surface area (Å²) >= 11 is 6.49. The molecule has 0 saturated heterocycles. The number of carbonyl (C=O) groups is 2. The molecule has 1 N–H and O–H groups in total. The molecule has 10 heteroatoms. The average molecular weight is 489 g/mol. The molecule has 2 unspecified atom stereocenters. The Morgan fingerprint density at radius 3 is 2.74 bits per heavy atom. The fourth-order valence-electron chi connectivity index (χ4n) is 4.55. The van der Waals surface area contributed by atoms with Crippen LogP contribution in [0.3, 0.4) is 0 Å². The molecule has 1 aromatic carbocycles. The topological polar surface area (TPSA) is 107 Å². The second kappa shape index (κ2) is 8.94. The number of rotatable bonds is 4. The highest BCUT2D eigenvalue weighted by Crippen LogP contribution is 2.36. The standard InChI is InChI=1S/C24H29ClN4O5/c1-13-19-21(27-34-13)20-16(25)7-6-8-17(20)29(22(19)31)15-10-9-14(11-15)26-18(30)12-28(5)23(32)33-24(2,3)4/h6-8,14-15H,9-12H2,1-5H3,(H,26,30). The van der Waals surface area contributed by atoms with E-state index in [2.05, 4.69) is 10.5 Å². The van der Waals surface area contributed by atoms with Crippen molar-refractivity contribution < 1.29 is 18.8 Å². The van der Waals surface area contributed by atoms with Gasteiger partial charge in [-0.2, -0.15) is 0 Å². The number of amides is 2. The lowest BCUT2D eigenvalue weighted by Gasteiger charge is -2.24. The Bertz CT molecular complexity index is 1320. The Morgan fingerprint density at radius 2 is 2.03 bits per heavy atom. The zero-order valence-corrected chi connectivity index (χ0v) is 20.7. The van der Waals surface area contributed by atoms with Crippen LogP contribution in [0.25, 0.3) is 21.8 Å². The molecular weight excluding hydrogens is 460 g/mol. The van der Waals surface area contributed by atoms with E-state index >= 15 is 0 Å². The quantitative estimate of drug-likeness (QED) is 0.590. The van der Waals surface area contributed by atoms with Crippen LogP contribution in [0, 0.1) is 6.92 Å². The number of carbonyl (C=O) groups excluding carboxylic acids is 2. The molecule has 3 aromatic rings. The monoisotopic (exact) mass is 488 g/mol. The van der Waals surface area contributed by atoms with Crippen LogP contribution in [0.5, 0.6) is 0 Å². The van der Waals surface area contributed by atoms with Crippen LogP contribution in [0.1, 0.15) is 51.8 Å². The maximum Gasteiger partial charge on any atom is 0.410 e. The first-order valence-corrected chi connectivity index (χ1v) is 11.7. The third-order valence-electron chi connectivity index (χ3n) is 6.00. The minimum absolute atomic E-state index is 0.111. The van der Waals surface area contributed by atoms with Crippen molar-refractivity contribution in [3.8, 4) is 0 Å². The van der Waals surface area contributed by atoms with Gasteiger partial charge in [-0.15, -0.1) is 0 Å². The molecule has 1 aliphatic carbocycles. The second-order valence-corrected chi connectivity index (χ2v) is 10.2. The van der Waals surface area contributed by atoms with E-state index < -0.39 is 11.7 Å². The largest absolute Gasteiger partial charge is 0.444 e. The van der Waals surface area contributed by atoms with Gasteiger partial charge in [0.25, 0.3) is 5.56 Å². The van der Waals surface area contributed by atoms with Gasteiger partial charge in [0.2, 0.25) is 5.91 Å². The predicted molar refractivity (Wildman–Crippen MR) is 129 cm³/mol. The van der Waals surface area contributed by atoms with Crippen LogP contribution >= 0.6 is 11.6 Å². The Balaban J connectivity index is 1.53. The van der Waals surface area contributed by atoms with Gasteiger partial charge in [-0.3, -0.25) is 9.59 Å². The van der Waals surface area contributed by atoms with Gasteiger partial charge in [-0.1, -0.05) is 22.8 Å². The number of hydrogen-bond donors (Lipinski definition) is 1. The Labute approximate surface area is 202 Å². The highest BCUT2D eigenvalue weighted by molar-refractivity contribution is 6.37. The number of aromatic nitrogens is 2. The lowest BCUT2D eigenvalue weighted by atomic mass is 10.1. The van der Waals surface area contributed by atoms with Crippen molar-refractivity contribution in [3.05, 3.63) is 39.3 Å². The lowest BCUT2D eigenvalue weighted by molar-refractivity contribution is -0.122. The Hall–Kier alpha value is -3.07. The molecule has 9 nitrogen and oxygen atoms in total. The summed E-state index contributed by atoms with van der Waals surface area (Å²) in [6, 6.07) is 5.18. The number of ether oxygens (including phenoxy) is 1. The van der Waals surface area contributed by atoms with Crippen LogP contribution < -0.4 is 10.9 Å². The Kier molecular flexibility index (Phi) is 6.33. The van der Waals surface area contributed by atoms with Gasteiger partial charge in [0.15, 0.2) is 0 Å². The summed E-state index contributed by atoms with van der Waals surface area (Å²) in [5.41, 5.74) is 0.348. The molecule has 1 aliphatic rings. The van der Waals surface area contributed by atoms with Gasteiger partial charge in [-0.25, -0.2) is 4.79 Å². The van der Waals surface area contributed by atoms with Gasteiger partial charge in [0, 0.05) is 24.5 Å². The third kappa shape index (κ3) is 4.61. The normalized spacial score (nSPS) is 18.4. The van der Waals surface area contributed by atoms with Crippen molar-refractivity contribution in [3.63, 3.8) is 0 Å². The SMILES string of the molecule is Cc1onc2c1c(=O)n(C1CCC(NC(=O)CN(C)C(=O)OC(C)(C)C)C1)c1cccc(Cl)c21.